The molecule has 1 saturated heterocycles. The number of benzene rings is 4. The topological polar surface area (TPSA) is 66.4 Å². The minimum absolute atomic E-state index is 0.209. The fraction of sp³-hybridized carbons (Fsp3) is 0.314. The lowest BCUT2D eigenvalue weighted by atomic mass is 9.92. The standard InChI is InChI=1S/C35H38O6/c1-35(36)34(40-25-30-20-12-5-13-21-30)33(39-24-29-18-10-4-11-19-29)32(38-23-28-16-8-3-9-17-28)31(41-35)26-37-22-27-14-6-2-7-15-27/h2-21,31-34,36H,22-26H2,1H3/t31-,32-,33+,34-,35+/m1/s1. The van der Waals surface area contributed by atoms with Crippen LogP contribution in [-0.2, 0) is 50.1 Å². The monoisotopic (exact) mass is 554 g/mol. The largest absolute Gasteiger partial charge is 0.374 e. The van der Waals surface area contributed by atoms with Crippen LogP contribution in [0.5, 0.6) is 0 Å². The van der Waals surface area contributed by atoms with Gasteiger partial charge in [0, 0.05) is 0 Å². The summed E-state index contributed by atoms with van der Waals surface area (Å²) in [6, 6.07) is 39.8. The van der Waals surface area contributed by atoms with E-state index in [1.807, 2.05) is 121 Å². The van der Waals surface area contributed by atoms with Crippen molar-refractivity contribution in [1.29, 1.82) is 0 Å². The highest BCUT2D eigenvalue weighted by atomic mass is 16.7. The number of hydrogen-bond donors (Lipinski definition) is 1. The molecule has 0 aromatic heterocycles. The first kappa shape index (κ1) is 29.1. The van der Waals surface area contributed by atoms with E-state index < -0.39 is 30.2 Å². The summed E-state index contributed by atoms with van der Waals surface area (Å²) in [5, 5.41) is 11.6. The van der Waals surface area contributed by atoms with Crippen LogP contribution in [0.1, 0.15) is 29.2 Å². The van der Waals surface area contributed by atoms with Crippen molar-refractivity contribution in [3.63, 3.8) is 0 Å². The third kappa shape index (κ3) is 8.33. The summed E-state index contributed by atoms with van der Waals surface area (Å²) in [6.45, 7) is 3.22. The zero-order valence-electron chi connectivity index (χ0n) is 23.4. The van der Waals surface area contributed by atoms with Crippen molar-refractivity contribution in [2.45, 2.75) is 63.6 Å². The van der Waals surface area contributed by atoms with Crippen molar-refractivity contribution in [1.82, 2.24) is 0 Å². The predicted molar refractivity (Wildman–Crippen MR) is 157 cm³/mol. The van der Waals surface area contributed by atoms with Crippen molar-refractivity contribution in [3.05, 3.63) is 144 Å². The quantitative estimate of drug-likeness (QED) is 0.217. The molecule has 1 fully saturated rings. The average Bonchev–Trinajstić information content (AvgIpc) is 3.01. The molecule has 0 radical (unpaired) electrons. The van der Waals surface area contributed by atoms with Crippen LogP contribution in [-0.4, -0.2) is 41.9 Å². The molecule has 5 rings (SSSR count). The molecule has 41 heavy (non-hydrogen) atoms. The van der Waals surface area contributed by atoms with Crippen LogP contribution in [0.4, 0.5) is 0 Å². The highest BCUT2D eigenvalue weighted by Crippen LogP contribution is 2.35. The Labute approximate surface area is 242 Å². The molecular formula is C35H38O6. The minimum Gasteiger partial charge on any atom is -0.374 e. The Morgan fingerprint density at radius 3 is 1.41 bits per heavy atom. The number of aliphatic hydroxyl groups is 1. The Kier molecular flexibility index (Phi) is 10.3. The van der Waals surface area contributed by atoms with E-state index in [-0.39, 0.29) is 13.2 Å². The van der Waals surface area contributed by atoms with Crippen molar-refractivity contribution in [3.8, 4) is 0 Å². The van der Waals surface area contributed by atoms with Gasteiger partial charge in [-0.3, -0.25) is 0 Å². The van der Waals surface area contributed by atoms with Crippen molar-refractivity contribution >= 4 is 0 Å². The molecule has 0 saturated carbocycles. The van der Waals surface area contributed by atoms with E-state index in [0.717, 1.165) is 22.3 Å². The lowest BCUT2D eigenvalue weighted by Crippen LogP contribution is -2.66. The Bertz CT molecular complexity index is 1280. The van der Waals surface area contributed by atoms with Gasteiger partial charge in [-0.25, -0.2) is 0 Å². The summed E-state index contributed by atoms with van der Waals surface area (Å²) in [4.78, 5) is 0. The molecule has 6 nitrogen and oxygen atoms in total. The van der Waals surface area contributed by atoms with Crippen LogP contribution in [0.2, 0.25) is 0 Å². The molecule has 0 amide bonds. The van der Waals surface area contributed by atoms with E-state index in [1.54, 1.807) is 6.92 Å². The maximum absolute atomic E-state index is 11.6. The maximum Gasteiger partial charge on any atom is 0.192 e. The molecular weight excluding hydrogens is 516 g/mol. The van der Waals surface area contributed by atoms with Gasteiger partial charge < -0.3 is 28.8 Å². The summed E-state index contributed by atoms with van der Waals surface area (Å²) in [6.07, 6.45) is -2.64. The molecule has 0 bridgehead atoms. The maximum atomic E-state index is 11.6. The molecule has 1 aliphatic rings. The van der Waals surface area contributed by atoms with Crippen LogP contribution in [0, 0.1) is 0 Å². The summed E-state index contributed by atoms with van der Waals surface area (Å²) in [7, 11) is 0. The Morgan fingerprint density at radius 2 is 0.951 bits per heavy atom. The molecule has 1 N–H and O–H groups in total. The first-order chi connectivity index (χ1) is 20.1. The van der Waals surface area contributed by atoms with E-state index in [1.165, 1.54) is 0 Å². The molecule has 0 unspecified atom stereocenters. The molecule has 0 spiro atoms. The van der Waals surface area contributed by atoms with Gasteiger partial charge in [0.25, 0.3) is 0 Å². The lowest BCUT2D eigenvalue weighted by molar-refractivity contribution is -0.363. The molecule has 0 aliphatic carbocycles. The summed E-state index contributed by atoms with van der Waals surface area (Å²) in [5.41, 5.74) is 4.08. The Hall–Kier alpha value is -3.36. The van der Waals surface area contributed by atoms with E-state index >= 15 is 0 Å². The van der Waals surface area contributed by atoms with Crippen molar-refractivity contribution in [2.75, 3.05) is 6.61 Å². The zero-order valence-corrected chi connectivity index (χ0v) is 23.4. The van der Waals surface area contributed by atoms with Gasteiger partial charge >= 0.3 is 0 Å². The Balaban J connectivity index is 1.39. The van der Waals surface area contributed by atoms with Gasteiger partial charge in [0.05, 0.1) is 33.0 Å². The third-order valence-corrected chi connectivity index (χ3v) is 7.14. The van der Waals surface area contributed by atoms with Gasteiger partial charge in [0.15, 0.2) is 5.79 Å². The van der Waals surface area contributed by atoms with Gasteiger partial charge in [-0.05, 0) is 29.2 Å². The van der Waals surface area contributed by atoms with Crippen LogP contribution in [0.3, 0.4) is 0 Å². The second-order valence-electron chi connectivity index (χ2n) is 10.5. The van der Waals surface area contributed by atoms with Gasteiger partial charge in [-0.2, -0.15) is 0 Å². The van der Waals surface area contributed by atoms with Gasteiger partial charge in [-0.1, -0.05) is 121 Å². The number of ether oxygens (including phenoxy) is 5. The minimum atomic E-state index is -1.65. The first-order valence-electron chi connectivity index (χ1n) is 14.1. The van der Waals surface area contributed by atoms with Gasteiger partial charge in [-0.15, -0.1) is 0 Å². The average molecular weight is 555 g/mol. The smallest absolute Gasteiger partial charge is 0.192 e. The van der Waals surface area contributed by atoms with Crippen LogP contribution >= 0.6 is 0 Å². The van der Waals surface area contributed by atoms with Crippen molar-refractivity contribution in [2.24, 2.45) is 0 Å². The second kappa shape index (κ2) is 14.5. The highest BCUT2D eigenvalue weighted by molar-refractivity contribution is 5.16. The van der Waals surface area contributed by atoms with Gasteiger partial charge in [0.2, 0.25) is 0 Å². The fourth-order valence-electron chi connectivity index (χ4n) is 5.05. The van der Waals surface area contributed by atoms with E-state index in [9.17, 15) is 5.11 Å². The molecule has 4 aromatic rings. The summed E-state index contributed by atoms with van der Waals surface area (Å²) < 4.78 is 31.9. The first-order valence-corrected chi connectivity index (χ1v) is 14.1. The molecule has 5 atom stereocenters. The summed E-state index contributed by atoms with van der Waals surface area (Å²) in [5.74, 6) is -1.65. The number of rotatable bonds is 13. The Morgan fingerprint density at radius 1 is 0.561 bits per heavy atom. The molecule has 214 valence electrons. The highest BCUT2D eigenvalue weighted by Gasteiger charge is 2.54. The SMILES string of the molecule is C[C@]1(O)O[C@H](COCc2ccccc2)[C@@H](OCc2ccccc2)[C@H](OCc2ccccc2)[C@H]1OCc1ccccc1. The molecule has 4 aromatic carbocycles. The zero-order chi connectivity index (χ0) is 28.3. The third-order valence-electron chi connectivity index (χ3n) is 7.14. The van der Waals surface area contributed by atoms with Crippen LogP contribution < -0.4 is 0 Å². The van der Waals surface area contributed by atoms with Gasteiger partial charge in [0.1, 0.15) is 24.4 Å². The van der Waals surface area contributed by atoms with Crippen LogP contribution in [0.15, 0.2) is 121 Å². The predicted octanol–water partition coefficient (Wildman–Crippen LogP) is 6.07. The normalized spacial score (nSPS) is 24.2. The summed E-state index contributed by atoms with van der Waals surface area (Å²) >= 11 is 0. The molecule has 1 heterocycles. The van der Waals surface area contributed by atoms with E-state index in [0.29, 0.717) is 19.8 Å². The van der Waals surface area contributed by atoms with E-state index in [2.05, 4.69) is 0 Å². The van der Waals surface area contributed by atoms with Crippen LogP contribution in [0.25, 0.3) is 0 Å². The number of hydrogen-bond acceptors (Lipinski definition) is 6. The van der Waals surface area contributed by atoms with Crippen molar-refractivity contribution < 1.29 is 28.8 Å². The molecule has 1 aliphatic heterocycles. The molecule has 6 heteroatoms. The lowest BCUT2D eigenvalue weighted by Gasteiger charge is -2.49. The fourth-order valence-corrected chi connectivity index (χ4v) is 5.05. The van der Waals surface area contributed by atoms with E-state index in [4.69, 9.17) is 23.7 Å². The second-order valence-corrected chi connectivity index (χ2v) is 10.5.